The van der Waals surface area contributed by atoms with Gasteiger partial charge in [0.15, 0.2) is 11.6 Å². The SMILES string of the molecule is CC(=O)c1ccc(OCc2nnc(C)n2C2CC2)c(Cl)c1. The normalized spacial score (nSPS) is 14.2. The van der Waals surface area contributed by atoms with Gasteiger partial charge in [0.25, 0.3) is 0 Å². The summed E-state index contributed by atoms with van der Waals surface area (Å²) in [6.45, 7) is 3.77. The summed E-state index contributed by atoms with van der Waals surface area (Å²) >= 11 is 6.14. The highest BCUT2D eigenvalue weighted by Crippen LogP contribution is 2.36. The molecule has 1 heterocycles. The first kappa shape index (κ1) is 14.1. The minimum atomic E-state index is -0.0208. The fourth-order valence-corrected chi connectivity index (χ4v) is 2.53. The lowest BCUT2D eigenvalue weighted by atomic mass is 10.1. The molecule has 1 aromatic carbocycles. The highest BCUT2D eigenvalue weighted by atomic mass is 35.5. The van der Waals surface area contributed by atoms with E-state index in [1.807, 2.05) is 6.92 Å². The lowest BCUT2D eigenvalue weighted by Crippen LogP contribution is -2.07. The van der Waals surface area contributed by atoms with Crippen molar-refractivity contribution in [3.8, 4) is 5.75 Å². The number of ketones is 1. The van der Waals surface area contributed by atoms with Crippen molar-refractivity contribution in [2.45, 2.75) is 39.3 Å². The Morgan fingerprint density at radius 3 is 2.81 bits per heavy atom. The lowest BCUT2D eigenvalue weighted by molar-refractivity contribution is 0.101. The average molecular weight is 306 g/mol. The maximum Gasteiger partial charge on any atom is 0.171 e. The van der Waals surface area contributed by atoms with E-state index >= 15 is 0 Å². The molecule has 0 atom stereocenters. The molecule has 5 nitrogen and oxygen atoms in total. The van der Waals surface area contributed by atoms with Crippen LogP contribution in [-0.4, -0.2) is 20.5 Å². The van der Waals surface area contributed by atoms with Crippen LogP contribution in [0.4, 0.5) is 0 Å². The fourth-order valence-electron chi connectivity index (χ4n) is 2.30. The number of carbonyl (C=O) groups excluding carboxylic acids is 1. The summed E-state index contributed by atoms with van der Waals surface area (Å²) in [6, 6.07) is 5.55. The molecule has 110 valence electrons. The van der Waals surface area contributed by atoms with Gasteiger partial charge in [-0.3, -0.25) is 4.79 Å². The van der Waals surface area contributed by atoms with Gasteiger partial charge in [-0.1, -0.05) is 11.6 Å². The van der Waals surface area contributed by atoms with E-state index < -0.39 is 0 Å². The van der Waals surface area contributed by atoms with Gasteiger partial charge < -0.3 is 9.30 Å². The van der Waals surface area contributed by atoms with Crippen LogP contribution in [0.5, 0.6) is 5.75 Å². The fraction of sp³-hybridized carbons (Fsp3) is 0.400. The molecular weight excluding hydrogens is 290 g/mol. The highest BCUT2D eigenvalue weighted by Gasteiger charge is 2.28. The molecule has 0 amide bonds. The minimum absolute atomic E-state index is 0.0208. The minimum Gasteiger partial charge on any atom is -0.484 e. The summed E-state index contributed by atoms with van der Waals surface area (Å²) < 4.78 is 7.85. The molecule has 6 heteroatoms. The number of nitrogens with zero attached hydrogens (tertiary/aromatic N) is 3. The number of ether oxygens (including phenoxy) is 1. The number of rotatable bonds is 5. The Morgan fingerprint density at radius 1 is 1.43 bits per heavy atom. The number of benzene rings is 1. The Kier molecular flexibility index (Phi) is 3.68. The van der Waals surface area contributed by atoms with Gasteiger partial charge in [-0.2, -0.15) is 0 Å². The van der Waals surface area contributed by atoms with Crippen LogP contribution in [0.1, 0.15) is 47.8 Å². The van der Waals surface area contributed by atoms with Crippen LogP contribution in [0.25, 0.3) is 0 Å². The van der Waals surface area contributed by atoms with Crippen molar-refractivity contribution in [2.24, 2.45) is 0 Å². The van der Waals surface area contributed by atoms with E-state index in [-0.39, 0.29) is 5.78 Å². The molecule has 2 aromatic rings. The number of halogens is 1. The molecule has 3 rings (SSSR count). The van der Waals surface area contributed by atoms with Crippen molar-refractivity contribution in [1.29, 1.82) is 0 Å². The largest absolute Gasteiger partial charge is 0.484 e. The third kappa shape index (κ3) is 2.93. The Labute approximate surface area is 127 Å². The molecule has 0 aliphatic heterocycles. The molecule has 1 fully saturated rings. The van der Waals surface area contributed by atoms with E-state index in [0.29, 0.717) is 29.0 Å². The van der Waals surface area contributed by atoms with Crippen LogP contribution in [0.2, 0.25) is 5.02 Å². The van der Waals surface area contributed by atoms with E-state index in [1.54, 1.807) is 18.2 Å². The molecule has 0 saturated heterocycles. The standard InChI is InChI=1S/C15H16ClN3O2/c1-9(20)11-3-6-14(13(16)7-11)21-8-15-18-17-10(2)19(15)12-4-5-12/h3,6-7,12H,4-5,8H2,1-2H3. The number of Topliss-reactive ketones (excluding diaryl/α,β-unsaturated/α-hetero) is 1. The smallest absolute Gasteiger partial charge is 0.171 e. The van der Waals surface area contributed by atoms with E-state index in [0.717, 1.165) is 11.6 Å². The lowest BCUT2D eigenvalue weighted by Gasteiger charge is -2.10. The molecule has 0 unspecified atom stereocenters. The van der Waals surface area contributed by atoms with Gasteiger partial charge in [0.1, 0.15) is 18.2 Å². The Hall–Kier alpha value is -1.88. The van der Waals surface area contributed by atoms with Crippen LogP contribution in [0.15, 0.2) is 18.2 Å². The summed E-state index contributed by atoms with van der Waals surface area (Å²) in [6.07, 6.45) is 2.33. The Balaban J connectivity index is 1.75. The maximum atomic E-state index is 11.3. The van der Waals surface area contributed by atoms with Gasteiger partial charge in [-0.05, 0) is 44.9 Å². The number of hydrogen-bond acceptors (Lipinski definition) is 4. The van der Waals surface area contributed by atoms with Gasteiger partial charge in [0.2, 0.25) is 0 Å². The van der Waals surface area contributed by atoms with Crippen LogP contribution in [-0.2, 0) is 6.61 Å². The third-order valence-corrected chi connectivity index (χ3v) is 3.84. The first-order valence-electron chi connectivity index (χ1n) is 6.90. The number of aromatic nitrogens is 3. The van der Waals surface area contributed by atoms with Gasteiger partial charge in [0.05, 0.1) is 5.02 Å². The monoisotopic (exact) mass is 305 g/mol. The Bertz CT molecular complexity index is 692. The summed E-state index contributed by atoms with van der Waals surface area (Å²) in [5.41, 5.74) is 0.573. The second-order valence-electron chi connectivity index (χ2n) is 5.25. The van der Waals surface area contributed by atoms with Gasteiger partial charge >= 0.3 is 0 Å². The van der Waals surface area contributed by atoms with Gasteiger partial charge in [0, 0.05) is 11.6 Å². The molecule has 0 bridgehead atoms. The second kappa shape index (κ2) is 5.48. The molecule has 0 spiro atoms. The third-order valence-electron chi connectivity index (χ3n) is 3.54. The van der Waals surface area contributed by atoms with Gasteiger partial charge in [-0.25, -0.2) is 0 Å². The van der Waals surface area contributed by atoms with E-state index in [9.17, 15) is 4.79 Å². The summed E-state index contributed by atoms with van der Waals surface area (Å²) in [5, 5.41) is 8.69. The molecule has 1 saturated carbocycles. The molecule has 0 N–H and O–H groups in total. The van der Waals surface area contributed by atoms with Crippen LogP contribution < -0.4 is 4.74 Å². The van der Waals surface area contributed by atoms with Crippen LogP contribution in [0, 0.1) is 6.92 Å². The first-order valence-corrected chi connectivity index (χ1v) is 7.27. The van der Waals surface area contributed by atoms with E-state index in [4.69, 9.17) is 16.3 Å². The van der Waals surface area contributed by atoms with E-state index in [2.05, 4.69) is 14.8 Å². The zero-order chi connectivity index (χ0) is 15.0. The Morgan fingerprint density at radius 2 is 2.19 bits per heavy atom. The van der Waals surface area contributed by atoms with Crippen LogP contribution >= 0.6 is 11.6 Å². The van der Waals surface area contributed by atoms with Crippen molar-refractivity contribution in [3.05, 3.63) is 40.4 Å². The van der Waals surface area contributed by atoms with Crippen molar-refractivity contribution in [2.75, 3.05) is 0 Å². The van der Waals surface area contributed by atoms with Crippen molar-refractivity contribution in [3.63, 3.8) is 0 Å². The predicted octanol–water partition coefficient (Wildman–Crippen LogP) is 3.36. The maximum absolute atomic E-state index is 11.3. The average Bonchev–Trinajstić information content (AvgIpc) is 3.21. The van der Waals surface area contributed by atoms with Gasteiger partial charge in [-0.15, -0.1) is 10.2 Å². The molecule has 0 radical (unpaired) electrons. The van der Waals surface area contributed by atoms with Crippen LogP contribution in [0.3, 0.4) is 0 Å². The topological polar surface area (TPSA) is 57.0 Å². The molecule has 1 aromatic heterocycles. The second-order valence-corrected chi connectivity index (χ2v) is 5.66. The summed E-state index contributed by atoms with van der Waals surface area (Å²) in [7, 11) is 0. The van der Waals surface area contributed by atoms with Crippen molar-refractivity contribution >= 4 is 17.4 Å². The predicted molar refractivity (Wildman–Crippen MR) is 78.8 cm³/mol. The molecular formula is C15H16ClN3O2. The first-order chi connectivity index (χ1) is 10.1. The number of hydrogen-bond donors (Lipinski definition) is 0. The summed E-state index contributed by atoms with van der Waals surface area (Å²) in [4.78, 5) is 11.3. The molecule has 21 heavy (non-hydrogen) atoms. The number of carbonyl (C=O) groups is 1. The van der Waals surface area contributed by atoms with E-state index in [1.165, 1.54) is 19.8 Å². The number of aryl methyl sites for hydroxylation is 1. The zero-order valence-corrected chi connectivity index (χ0v) is 12.7. The zero-order valence-electron chi connectivity index (χ0n) is 12.0. The quantitative estimate of drug-likeness (QED) is 0.795. The van der Waals surface area contributed by atoms with Crippen molar-refractivity contribution in [1.82, 2.24) is 14.8 Å². The molecule has 1 aliphatic rings. The molecule has 1 aliphatic carbocycles. The summed E-state index contributed by atoms with van der Waals surface area (Å²) in [5.74, 6) is 2.24. The highest BCUT2D eigenvalue weighted by molar-refractivity contribution is 6.32. The van der Waals surface area contributed by atoms with Crippen molar-refractivity contribution < 1.29 is 9.53 Å².